The number of hydrogen-bond acceptors (Lipinski definition) is 3. The van der Waals surface area contributed by atoms with Gasteiger partial charge in [-0.1, -0.05) is 12.1 Å². The average Bonchev–Trinajstić information content (AvgIpc) is 2.55. The molecule has 2 amide bonds. The van der Waals surface area contributed by atoms with E-state index in [9.17, 15) is 14.0 Å². The lowest BCUT2D eigenvalue weighted by Crippen LogP contribution is -3.11. The minimum Gasteiger partial charge on any atom is -0.378 e. The van der Waals surface area contributed by atoms with Crippen LogP contribution in [0.5, 0.6) is 0 Å². The Kier molecular flexibility index (Phi) is 6.49. The number of rotatable bonds is 6. The quantitative estimate of drug-likeness (QED) is 0.692. The largest absolute Gasteiger partial charge is 0.378 e. The molecule has 1 fully saturated rings. The number of nitrogens with zero attached hydrogens (tertiary/aromatic N) is 1. The first-order chi connectivity index (χ1) is 11.0. The Morgan fingerprint density at radius 1 is 1.22 bits per heavy atom. The van der Waals surface area contributed by atoms with Gasteiger partial charge in [0.15, 0.2) is 13.1 Å². The Labute approximate surface area is 135 Å². The van der Waals surface area contributed by atoms with E-state index in [0.29, 0.717) is 32.8 Å². The number of quaternary nitrogens is 1. The maximum atomic E-state index is 12.8. The number of carbonyl (C=O) groups is 2. The molecule has 1 heterocycles. The van der Waals surface area contributed by atoms with Crippen molar-refractivity contribution in [1.82, 2.24) is 10.2 Å². The number of amides is 2. The molecule has 0 spiro atoms. The Morgan fingerprint density at radius 2 is 1.87 bits per heavy atom. The lowest BCUT2D eigenvalue weighted by Gasteiger charge is -2.27. The molecule has 0 saturated carbocycles. The highest BCUT2D eigenvalue weighted by atomic mass is 19.1. The summed E-state index contributed by atoms with van der Waals surface area (Å²) in [5.74, 6) is -0.399. The first-order valence-corrected chi connectivity index (χ1v) is 7.72. The summed E-state index contributed by atoms with van der Waals surface area (Å²) in [4.78, 5) is 26.6. The van der Waals surface area contributed by atoms with Gasteiger partial charge in [-0.25, -0.2) is 4.39 Å². The topological polar surface area (TPSA) is 63.1 Å². The Balaban J connectivity index is 1.69. The van der Waals surface area contributed by atoms with Gasteiger partial charge in [-0.15, -0.1) is 0 Å². The number of nitrogens with one attached hydrogen (secondary N) is 2. The minimum atomic E-state index is -0.300. The molecule has 2 N–H and O–H groups in total. The Morgan fingerprint density at radius 3 is 2.52 bits per heavy atom. The molecule has 23 heavy (non-hydrogen) atoms. The fraction of sp³-hybridized carbons (Fsp3) is 0.500. The second-order valence-corrected chi connectivity index (χ2v) is 5.71. The molecule has 1 aromatic carbocycles. The molecule has 6 nitrogen and oxygen atoms in total. The molecule has 1 unspecified atom stereocenters. The van der Waals surface area contributed by atoms with Crippen LogP contribution in [0.2, 0.25) is 0 Å². The molecule has 1 saturated heterocycles. The van der Waals surface area contributed by atoms with Gasteiger partial charge in [-0.3, -0.25) is 9.59 Å². The van der Waals surface area contributed by atoms with Gasteiger partial charge in [0.2, 0.25) is 0 Å². The first-order valence-electron chi connectivity index (χ1n) is 7.72. The summed E-state index contributed by atoms with van der Waals surface area (Å²) >= 11 is 0. The van der Waals surface area contributed by atoms with Gasteiger partial charge in [0.25, 0.3) is 11.8 Å². The van der Waals surface area contributed by atoms with Crippen molar-refractivity contribution in [2.45, 2.75) is 6.54 Å². The fourth-order valence-electron chi connectivity index (χ4n) is 2.38. The number of hydrogen-bond donors (Lipinski definition) is 2. The van der Waals surface area contributed by atoms with Crippen molar-refractivity contribution < 1.29 is 23.6 Å². The monoisotopic (exact) mass is 324 g/mol. The summed E-state index contributed by atoms with van der Waals surface area (Å²) in [6, 6.07) is 5.99. The zero-order valence-electron chi connectivity index (χ0n) is 13.3. The second-order valence-electron chi connectivity index (χ2n) is 5.71. The van der Waals surface area contributed by atoms with Crippen molar-refractivity contribution in [3.63, 3.8) is 0 Å². The molecule has 1 aliphatic rings. The van der Waals surface area contributed by atoms with Crippen LogP contribution in [-0.4, -0.2) is 63.2 Å². The number of carbonyl (C=O) groups excluding carboxylic acids is 2. The number of likely N-dealkylation sites (N-methyl/N-ethyl adjacent to an activating group) is 1. The van der Waals surface area contributed by atoms with Crippen LogP contribution in [0.25, 0.3) is 0 Å². The molecular formula is C16H23FN3O3+. The lowest BCUT2D eigenvalue weighted by molar-refractivity contribution is -0.863. The summed E-state index contributed by atoms with van der Waals surface area (Å²) in [6.07, 6.45) is 0. The van der Waals surface area contributed by atoms with E-state index in [1.54, 1.807) is 17.0 Å². The van der Waals surface area contributed by atoms with Gasteiger partial charge in [0, 0.05) is 19.6 Å². The predicted molar refractivity (Wildman–Crippen MR) is 82.3 cm³/mol. The van der Waals surface area contributed by atoms with E-state index < -0.39 is 0 Å². The molecule has 1 aliphatic heterocycles. The Hall–Kier alpha value is -1.99. The maximum absolute atomic E-state index is 12.8. The molecule has 0 aliphatic carbocycles. The average molecular weight is 324 g/mol. The van der Waals surface area contributed by atoms with E-state index in [-0.39, 0.29) is 30.7 Å². The van der Waals surface area contributed by atoms with Crippen molar-refractivity contribution in [2.24, 2.45) is 0 Å². The van der Waals surface area contributed by atoms with Crippen LogP contribution in [0.3, 0.4) is 0 Å². The second kappa shape index (κ2) is 8.59. The van der Waals surface area contributed by atoms with Gasteiger partial charge in [0.1, 0.15) is 5.82 Å². The molecule has 0 aromatic heterocycles. The maximum Gasteiger partial charge on any atom is 0.277 e. The van der Waals surface area contributed by atoms with Crippen LogP contribution in [0, 0.1) is 5.82 Å². The zero-order chi connectivity index (χ0) is 16.7. The first kappa shape index (κ1) is 17.4. The van der Waals surface area contributed by atoms with Gasteiger partial charge in [-0.05, 0) is 17.7 Å². The van der Waals surface area contributed by atoms with Crippen LogP contribution in [0.4, 0.5) is 4.39 Å². The third kappa shape index (κ3) is 5.96. The van der Waals surface area contributed by atoms with Crippen LogP contribution in [-0.2, 0) is 20.9 Å². The van der Waals surface area contributed by atoms with Crippen molar-refractivity contribution in [2.75, 3.05) is 46.4 Å². The van der Waals surface area contributed by atoms with Crippen molar-refractivity contribution in [3.05, 3.63) is 35.6 Å². The van der Waals surface area contributed by atoms with E-state index in [0.717, 1.165) is 10.5 Å². The van der Waals surface area contributed by atoms with E-state index in [2.05, 4.69) is 5.32 Å². The predicted octanol–water partition coefficient (Wildman–Crippen LogP) is -1.18. The summed E-state index contributed by atoms with van der Waals surface area (Å²) in [6.45, 7) is 3.22. The highest BCUT2D eigenvalue weighted by Crippen LogP contribution is 2.01. The fourth-order valence-corrected chi connectivity index (χ4v) is 2.38. The molecule has 7 heteroatoms. The molecule has 2 rings (SSSR count). The lowest BCUT2D eigenvalue weighted by atomic mass is 10.2. The van der Waals surface area contributed by atoms with E-state index in [4.69, 9.17) is 4.74 Å². The number of halogens is 1. The number of ether oxygens (including phenoxy) is 1. The van der Waals surface area contributed by atoms with Crippen LogP contribution >= 0.6 is 0 Å². The Bertz CT molecular complexity index is 530. The third-order valence-electron chi connectivity index (χ3n) is 3.68. The van der Waals surface area contributed by atoms with Gasteiger partial charge < -0.3 is 19.9 Å². The molecule has 0 bridgehead atoms. The van der Waals surface area contributed by atoms with E-state index >= 15 is 0 Å². The molecule has 126 valence electrons. The standard InChI is InChI=1S/C16H22FN3O3/c1-19(12-16(22)20-6-8-23-9-7-20)11-15(21)18-10-13-2-4-14(17)5-3-13/h2-5H,6-12H2,1H3,(H,18,21)/p+1. The summed E-state index contributed by atoms with van der Waals surface area (Å²) < 4.78 is 18.0. The summed E-state index contributed by atoms with van der Waals surface area (Å²) in [7, 11) is 1.82. The smallest absolute Gasteiger partial charge is 0.277 e. The van der Waals surface area contributed by atoms with Crippen molar-refractivity contribution >= 4 is 11.8 Å². The van der Waals surface area contributed by atoms with Crippen LogP contribution in [0.1, 0.15) is 5.56 Å². The molecular weight excluding hydrogens is 301 g/mol. The highest BCUT2D eigenvalue weighted by Gasteiger charge is 2.21. The number of morpholine rings is 1. The van der Waals surface area contributed by atoms with Gasteiger partial charge in [-0.2, -0.15) is 0 Å². The highest BCUT2D eigenvalue weighted by molar-refractivity contribution is 5.79. The molecule has 1 atom stereocenters. The SMILES string of the molecule is C[NH+](CC(=O)NCc1ccc(F)cc1)CC(=O)N1CCOCC1. The minimum absolute atomic E-state index is 0.0390. The van der Waals surface area contributed by atoms with Crippen molar-refractivity contribution in [1.29, 1.82) is 0 Å². The number of benzene rings is 1. The van der Waals surface area contributed by atoms with Gasteiger partial charge >= 0.3 is 0 Å². The molecule has 0 radical (unpaired) electrons. The van der Waals surface area contributed by atoms with Gasteiger partial charge in [0.05, 0.1) is 20.3 Å². The van der Waals surface area contributed by atoms with E-state index in [1.165, 1.54) is 12.1 Å². The summed E-state index contributed by atoms with van der Waals surface area (Å²) in [5.41, 5.74) is 0.835. The summed E-state index contributed by atoms with van der Waals surface area (Å²) in [5, 5.41) is 2.77. The molecule has 1 aromatic rings. The third-order valence-corrected chi connectivity index (χ3v) is 3.68. The van der Waals surface area contributed by atoms with Crippen LogP contribution < -0.4 is 10.2 Å². The normalized spacial score (nSPS) is 16.0. The zero-order valence-corrected chi connectivity index (χ0v) is 13.3. The van der Waals surface area contributed by atoms with E-state index in [1.807, 2.05) is 7.05 Å². The van der Waals surface area contributed by atoms with Crippen molar-refractivity contribution in [3.8, 4) is 0 Å². The van der Waals surface area contributed by atoms with Crippen LogP contribution in [0.15, 0.2) is 24.3 Å².